The standard InChI is InChI=1S/C23H22O7S/c1-3-4-5-6-11-27-21-14-19(30-31(25)26)8-7-17(21)15-28-18-9-10-20-16(2)12-23(24)29-22(20)13-18/h1,7-10,12-14H,4-6,11,15H2,2H3,(H,25,26). The number of terminal acetylenes is 1. The van der Waals surface area contributed by atoms with Gasteiger partial charge in [-0.1, -0.05) is 0 Å². The fourth-order valence-electron chi connectivity index (χ4n) is 2.99. The molecular formula is C23H22O7S. The van der Waals surface area contributed by atoms with Crippen molar-refractivity contribution in [3.63, 3.8) is 0 Å². The molecule has 0 saturated carbocycles. The molecule has 3 aromatic rings. The summed E-state index contributed by atoms with van der Waals surface area (Å²) in [5, 5.41) is 0.835. The number of fused-ring (bicyclic) bond motifs is 1. The molecule has 1 N–H and O–H groups in total. The number of hydrogen-bond acceptors (Lipinski definition) is 6. The maximum absolute atomic E-state index is 11.6. The summed E-state index contributed by atoms with van der Waals surface area (Å²) in [7, 11) is 0. The lowest BCUT2D eigenvalue weighted by Gasteiger charge is -2.14. The molecule has 7 nitrogen and oxygen atoms in total. The van der Waals surface area contributed by atoms with Gasteiger partial charge in [0.2, 0.25) is 0 Å². The van der Waals surface area contributed by atoms with Gasteiger partial charge in [-0.05, 0) is 49.6 Å². The molecule has 0 fully saturated rings. The summed E-state index contributed by atoms with van der Waals surface area (Å²) in [6, 6.07) is 11.5. The number of unbranched alkanes of at least 4 members (excludes halogenated alkanes) is 2. The lowest BCUT2D eigenvalue weighted by Crippen LogP contribution is -2.05. The van der Waals surface area contributed by atoms with E-state index >= 15 is 0 Å². The molecule has 162 valence electrons. The topological polar surface area (TPSA) is 95.2 Å². The summed E-state index contributed by atoms with van der Waals surface area (Å²) in [6.45, 7) is 2.44. The molecule has 1 unspecified atom stereocenters. The highest BCUT2D eigenvalue weighted by Crippen LogP contribution is 2.28. The van der Waals surface area contributed by atoms with Gasteiger partial charge in [-0.25, -0.2) is 4.79 Å². The van der Waals surface area contributed by atoms with Crippen molar-refractivity contribution < 1.29 is 26.8 Å². The predicted molar refractivity (Wildman–Crippen MR) is 118 cm³/mol. The summed E-state index contributed by atoms with van der Waals surface area (Å²) in [6.07, 6.45) is 7.53. The Labute approximate surface area is 182 Å². The zero-order chi connectivity index (χ0) is 22.2. The van der Waals surface area contributed by atoms with E-state index in [4.69, 9.17) is 29.1 Å². The molecule has 0 aliphatic heterocycles. The smallest absolute Gasteiger partial charge is 0.357 e. The van der Waals surface area contributed by atoms with Crippen LogP contribution in [0.1, 0.15) is 30.4 Å². The Morgan fingerprint density at radius 3 is 2.68 bits per heavy atom. The van der Waals surface area contributed by atoms with Crippen LogP contribution in [0, 0.1) is 19.3 Å². The Balaban J connectivity index is 1.76. The molecule has 8 heteroatoms. The summed E-state index contributed by atoms with van der Waals surface area (Å²) in [5.41, 5.74) is 1.58. The van der Waals surface area contributed by atoms with Crippen LogP contribution < -0.4 is 19.3 Å². The first-order valence-corrected chi connectivity index (χ1v) is 10.6. The van der Waals surface area contributed by atoms with Gasteiger partial charge in [0.05, 0.1) is 6.61 Å². The van der Waals surface area contributed by atoms with Crippen molar-refractivity contribution >= 4 is 22.3 Å². The summed E-state index contributed by atoms with van der Waals surface area (Å²) >= 11 is -2.44. The normalized spacial score (nSPS) is 11.6. The summed E-state index contributed by atoms with van der Waals surface area (Å²) in [4.78, 5) is 11.6. The monoisotopic (exact) mass is 442 g/mol. The van der Waals surface area contributed by atoms with Crippen LogP contribution in [-0.4, -0.2) is 15.4 Å². The molecule has 1 aromatic heterocycles. The van der Waals surface area contributed by atoms with Crippen molar-refractivity contribution in [3.05, 3.63) is 64.0 Å². The second kappa shape index (κ2) is 10.7. The van der Waals surface area contributed by atoms with Crippen molar-refractivity contribution in [1.82, 2.24) is 0 Å². The average Bonchev–Trinajstić information content (AvgIpc) is 2.72. The Kier molecular flexibility index (Phi) is 7.70. The van der Waals surface area contributed by atoms with Gasteiger partial charge in [-0.2, -0.15) is 4.21 Å². The van der Waals surface area contributed by atoms with E-state index in [1.807, 2.05) is 13.0 Å². The Hall–Kier alpha value is -3.28. The van der Waals surface area contributed by atoms with Gasteiger partial charge in [-0.15, -0.1) is 12.3 Å². The molecule has 3 rings (SSSR count). The quantitative estimate of drug-likeness (QED) is 0.215. The molecule has 0 bridgehead atoms. The number of benzene rings is 2. The predicted octanol–water partition coefficient (Wildman–Crippen LogP) is 4.38. The molecule has 1 heterocycles. The van der Waals surface area contributed by atoms with Gasteiger partial charge in [0.1, 0.15) is 29.4 Å². The SMILES string of the molecule is C#CCCCCOc1cc(OS(=O)O)ccc1COc1ccc2c(C)cc(=O)oc2c1. The minimum atomic E-state index is -2.44. The summed E-state index contributed by atoms with van der Waals surface area (Å²) < 4.78 is 41.7. The van der Waals surface area contributed by atoms with E-state index in [0.717, 1.165) is 29.4 Å². The molecule has 0 aliphatic rings. The van der Waals surface area contributed by atoms with Gasteiger partial charge in [0.25, 0.3) is 0 Å². The lowest BCUT2D eigenvalue weighted by atomic mass is 10.1. The van der Waals surface area contributed by atoms with E-state index in [1.54, 1.807) is 24.3 Å². The van der Waals surface area contributed by atoms with E-state index in [9.17, 15) is 9.00 Å². The first-order valence-electron chi connectivity index (χ1n) is 9.62. The van der Waals surface area contributed by atoms with Crippen molar-refractivity contribution in [1.29, 1.82) is 0 Å². The van der Waals surface area contributed by atoms with E-state index in [0.29, 0.717) is 30.1 Å². The third kappa shape index (κ3) is 6.35. The highest BCUT2D eigenvalue weighted by atomic mass is 32.2. The van der Waals surface area contributed by atoms with Crippen LogP contribution in [0.15, 0.2) is 51.7 Å². The molecule has 0 radical (unpaired) electrons. The molecule has 0 saturated heterocycles. The van der Waals surface area contributed by atoms with Crippen LogP contribution in [0.4, 0.5) is 0 Å². The average molecular weight is 442 g/mol. The zero-order valence-corrected chi connectivity index (χ0v) is 17.8. The van der Waals surface area contributed by atoms with Crippen LogP contribution in [-0.2, 0) is 18.0 Å². The van der Waals surface area contributed by atoms with E-state index < -0.39 is 17.0 Å². The highest BCUT2D eigenvalue weighted by molar-refractivity contribution is 7.74. The molecule has 0 aliphatic carbocycles. The van der Waals surface area contributed by atoms with Crippen molar-refractivity contribution in [3.8, 4) is 29.6 Å². The molecule has 1 atom stereocenters. The van der Waals surface area contributed by atoms with E-state index in [2.05, 4.69) is 5.92 Å². The molecule has 0 amide bonds. The Morgan fingerprint density at radius 1 is 1.10 bits per heavy atom. The van der Waals surface area contributed by atoms with Crippen molar-refractivity contribution in [2.75, 3.05) is 6.61 Å². The fraction of sp³-hybridized carbons (Fsp3) is 0.261. The van der Waals surface area contributed by atoms with Crippen LogP contribution >= 0.6 is 0 Å². The van der Waals surface area contributed by atoms with Crippen LogP contribution in [0.2, 0.25) is 0 Å². The second-order valence-electron chi connectivity index (χ2n) is 6.77. The van der Waals surface area contributed by atoms with Gasteiger partial charge in [0.15, 0.2) is 0 Å². The van der Waals surface area contributed by atoms with Crippen LogP contribution in [0.25, 0.3) is 11.0 Å². The van der Waals surface area contributed by atoms with Gasteiger partial charge < -0.3 is 18.1 Å². The molecule has 31 heavy (non-hydrogen) atoms. The van der Waals surface area contributed by atoms with Crippen molar-refractivity contribution in [2.24, 2.45) is 0 Å². The number of hydrogen-bond donors (Lipinski definition) is 1. The van der Waals surface area contributed by atoms with Gasteiger partial charge >= 0.3 is 17.0 Å². The molecule has 2 aromatic carbocycles. The highest BCUT2D eigenvalue weighted by Gasteiger charge is 2.10. The number of rotatable bonds is 10. The number of ether oxygens (including phenoxy) is 2. The van der Waals surface area contributed by atoms with Gasteiger partial charge in [-0.3, -0.25) is 4.55 Å². The number of aryl methyl sites for hydroxylation is 1. The van der Waals surface area contributed by atoms with Crippen LogP contribution in [0.3, 0.4) is 0 Å². The zero-order valence-electron chi connectivity index (χ0n) is 17.0. The summed E-state index contributed by atoms with van der Waals surface area (Å²) in [5.74, 6) is 3.79. The first kappa shape index (κ1) is 22.4. The largest absolute Gasteiger partial charge is 0.493 e. The third-order valence-electron chi connectivity index (χ3n) is 4.50. The Morgan fingerprint density at radius 2 is 1.90 bits per heavy atom. The Bertz CT molecular complexity index is 1180. The maximum atomic E-state index is 11.6. The van der Waals surface area contributed by atoms with Crippen LogP contribution in [0.5, 0.6) is 17.2 Å². The van der Waals surface area contributed by atoms with E-state index in [-0.39, 0.29) is 12.4 Å². The van der Waals surface area contributed by atoms with Gasteiger partial charge in [0, 0.05) is 35.6 Å². The van der Waals surface area contributed by atoms with E-state index in [1.165, 1.54) is 12.1 Å². The first-order chi connectivity index (χ1) is 15.0. The fourth-order valence-corrected chi connectivity index (χ4v) is 3.26. The van der Waals surface area contributed by atoms with Crippen molar-refractivity contribution in [2.45, 2.75) is 32.8 Å². The molecular weight excluding hydrogens is 420 g/mol. The third-order valence-corrected chi connectivity index (χ3v) is 4.83. The maximum Gasteiger partial charge on any atom is 0.357 e. The second-order valence-corrected chi connectivity index (χ2v) is 7.38. The lowest BCUT2D eigenvalue weighted by molar-refractivity contribution is 0.275. The minimum Gasteiger partial charge on any atom is -0.493 e. The molecule has 0 spiro atoms. The minimum absolute atomic E-state index is 0.170.